The first-order valence-electron chi connectivity index (χ1n) is 14.5. The number of halogens is 4. The molecular formula is C28H33F4N7O4. The van der Waals surface area contributed by atoms with E-state index in [1.165, 1.54) is 10.7 Å². The lowest BCUT2D eigenvalue weighted by molar-refractivity contribution is -0.132. The van der Waals surface area contributed by atoms with Crippen LogP contribution in [0.4, 0.5) is 17.6 Å². The summed E-state index contributed by atoms with van der Waals surface area (Å²) in [5, 5.41) is 17.5. The number of nitrogens with zero attached hydrogens (tertiary/aromatic N) is 5. The zero-order valence-electron chi connectivity index (χ0n) is 23.6. The van der Waals surface area contributed by atoms with Gasteiger partial charge in [-0.1, -0.05) is 5.16 Å². The minimum Gasteiger partial charge on any atom is -0.381 e. The Balaban J connectivity index is 1.31. The van der Waals surface area contributed by atoms with Crippen LogP contribution in [0.5, 0.6) is 0 Å². The Morgan fingerprint density at radius 2 is 1.84 bits per heavy atom. The van der Waals surface area contributed by atoms with E-state index in [1.54, 1.807) is 12.3 Å². The number of carbonyl (C=O) groups is 2. The molecule has 15 heteroatoms. The van der Waals surface area contributed by atoms with E-state index in [-0.39, 0.29) is 69.3 Å². The molecule has 0 bridgehead atoms. The largest absolute Gasteiger partial charge is 0.381 e. The second-order valence-corrected chi connectivity index (χ2v) is 12.1. The van der Waals surface area contributed by atoms with Crippen molar-refractivity contribution in [1.82, 2.24) is 35.5 Å². The first-order chi connectivity index (χ1) is 20.4. The van der Waals surface area contributed by atoms with Crippen molar-refractivity contribution < 1.29 is 36.5 Å². The molecule has 0 aromatic carbocycles. The van der Waals surface area contributed by atoms with Gasteiger partial charge in [-0.05, 0) is 61.2 Å². The molecule has 3 aliphatic rings. The van der Waals surface area contributed by atoms with Crippen molar-refractivity contribution in [1.29, 1.82) is 0 Å². The minimum atomic E-state index is -3.08. The second kappa shape index (κ2) is 11.1. The lowest BCUT2D eigenvalue weighted by Crippen LogP contribution is -2.50. The highest BCUT2D eigenvalue weighted by Crippen LogP contribution is 2.43. The summed E-state index contributed by atoms with van der Waals surface area (Å²) in [6.45, 7) is 0.461. The van der Waals surface area contributed by atoms with Gasteiger partial charge >= 0.3 is 0 Å². The molecule has 4 heterocycles. The molecule has 0 radical (unpaired) electrons. The highest BCUT2D eigenvalue weighted by molar-refractivity contribution is 5.93. The lowest BCUT2D eigenvalue weighted by Gasteiger charge is -2.36. The molecule has 1 atom stereocenters. The summed E-state index contributed by atoms with van der Waals surface area (Å²) in [5.74, 6) is -7.14. The molecule has 0 unspecified atom stereocenters. The Morgan fingerprint density at radius 3 is 2.51 bits per heavy atom. The molecule has 2 N–H and O–H groups in total. The Bertz CT molecular complexity index is 1480. The van der Waals surface area contributed by atoms with Crippen molar-refractivity contribution in [3.63, 3.8) is 0 Å². The number of rotatable bonds is 9. The molecule has 232 valence electrons. The monoisotopic (exact) mass is 607 g/mol. The van der Waals surface area contributed by atoms with Gasteiger partial charge in [-0.3, -0.25) is 9.59 Å². The lowest BCUT2D eigenvalue weighted by atomic mass is 9.74. The summed E-state index contributed by atoms with van der Waals surface area (Å²) in [6.07, 6.45) is 5.13. The van der Waals surface area contributed by atoms with Gasteiger partial charge in [0, 0.05) is 38.9 Å². The Hall–Kier alpha value is -3.62. The van der Waals surface area contributed by atoms with Crippen molar-refractivity contribution in [2.45, 2.75) is 87.5 Å². The zero-order valence-corrected chi connectivity index (χ0v) is 23.6. The Kier molecular flexibility index (Phi) is 7.63. The van der Waals surface area contributed by atoms with Gasteiger partial charge < -0.3 is 15.4 Å². The number of imidazole rings is 1. The van der Waals surface area contributed by atoms with Gasteiger partial charge in [-0.15, -0.1) is 0 Å². The van der Waals surface area contributed by atoms with Gasteiger partial charge in [0.25, 0.3) is 11.8 Å². The molecule has 6 rings (SSSR count). The number of aromatic nitrogens is 5. The fourth-order valence-corrected chi connectivity index (χ4v) is 6.09. The molecule has 3 aromatic heterocycles. The zero-order chi connectivity index (χ0) is 30.4. The molecule has 1 saturated heterocycles. The normalized spacial score (nSPS) is 21.4. The van der Waals surface area contributed by atoms with Crippen LogP contribution in [0.15, 0.2) is 23.1 Å². The number of hydrogen-bond donors (Lipinski definition) is 2. The van der Waals surface area contributed by atoms with E-state index in [2.05, 4.69) is 26.0 Å². The van der Waals surface area contributed by atoms with E-state index in [0.29, 0.717) is 22.6 Å². The predicted octanol–water partition coefficient (Wildman–Crippen LogP) is 4.11. The quantitative estimate of drug-likeness (QED) is 0.347. The standard InChI is InChI=1S/C28H33F4N7O4/c1-26(29,30)15-33-25(41)27(8-10-42-11-9-27)18-12-20-35-19(14-39(20)34-13-18)21(17-4-6-28(31,32)7-5-17)36-24(40)23-22(16-2-3-16)37-43-38-23/h12-14,16-17,21H,2-11,15H2,1H3,(H,33,41)(H,36,40)/t21-/m0/s1. The van der Waals surface area contributed by atoms with Gasteiger partial charge in [0.2, 0.25) is 11.8 Å². The third-order valence-electron chi connectivity index (χ3n) is 8.76. The predicted molar refractivity (Wildman–Crippen MR) is 142 cm³/mol. The van der Waals surface area contributed by atoms with E-state index in [0.717, 1.165) is 19.8 Å². The Labute approximate surface area is 244 Å². The third-order valence-corrected chi connectivity index (χ3v) is 8.76. The number of amides is 2. The van der Waals surface area contributed by atoms with Gasteiger partial charge in [-0.25, -0.2) is 31.7 Å². The summed E-state index contributed by atoms with van der Waals surface area (Å²) in [4.78, 5) is 31.4. The van der Waals surface area contributed by atoms with Gasteiger partial charge in [0.05, 0.1) is 36.1 Å². The maximum Gasteiger partial charge on any atom is 0.276 e. The number of alkyl halides is 4. The molecule has 2 amide bonds. The van der Waals surface area contributed by atoms with Crippen molar-refractivity contribution in [2.24, 2.45) is 5.92 Å². The van der Waals surface area contributed by atoms with Crippen LogP contribution >= 0.6 is 0 Å². The Morgan fingerprint density at radius 1 is 1.12 bits per heavy atom. The van der Waals surface area contributed by atoms with Crippen molar-refractivity contribution in [3.8, 4) is 0 Å². The molecule has 2 saturated carbocycles. The average Bonchev–Trinajstić information content (AvgIpc) is 3.53. The van der Waals surface area contributed by atoms with E-state index in [1.807, 2.05) is 0 Å². The highest BCUT2D eigenvalue weighted by Gasteiger charge is 2.44. The van der Waals surface area contributed by atoms with E-state index in [4.69, 9.17) is 14.3 Å². The molecule has 3 fully saturated rings. The van der Waals surface area contributed by atoms with Gasteiger partial charge in [-0.2, -0.15) is 5.10 Å². The number of nitrogens with one attached hydrogen (secondary N) is 2. The van der Waals surface area contributed by atoms with Crippen LogP contribution in [0.25, 0.3) is 5.65 Å². The van der Waals surface area contributed by atoms with Crippen molar-refractivity contribution >= 4 is 17.5 Å². The van der Waals surface area contributed by atoms with Crippen LogP contribution in [0, 0.1) is 5.92 Å². The molecule has 0 spiro atoms. The highest BCUT2D eigenvalue weighted by atomic mass is 19.3. The number of hydrogen-bond acceptors (Lipinski definition) is 8. The summed E-state index contributed by atoms with van der Waals surface area (Å²) < 4.78 is 67.0. The number of fused-ring (bicyclic) bond motifs is 1. The maximum atomic E-state index is 14.1. The topological polar surface area (TPSA) is 137 Å². The molecule has 43 heavy (non-hydrogen) atoms. The summed E-state index contributed by atoms with van der Waals surface area (Å²) in [5.41, 5.74) is 0.670. The first kappa shape index (κ1) is 29.5. The average molecular weight is 608 g/mol. The molecule has 1 aliphatic heterocycles. The first-order valence-corrected chi connectivity index (χ1v) is 14.5. The van der Waals surface area contributed by atoms with E-state index < -0.39 is 41.7 Å². The molecular weight excluding hydrogens is 574 g/mol. The molecule has 3 aromatic rings. The van der Waals surface area contributed by atoms with Crippen LogP contribution < -0.4 is 10.6 Å². The summed E-state index contributed by atoms with van der Waals surface area (Å²) in [7, 11) is 0. The van der Waals surface area contributed by atoms with Gasteiger partial charge in [0.15, 0.2) is 11.3 Å². The summed E-state index contributed by atoms with van der Waals surface area (Å²) in [6, 6.07) is 0.941. The molecule has 2 aliphatic carbocycles. The van der Waals surface area contributed by atoms with E-state index in [9.17, 15) is 27.2 Å². The van der Waals surface area contributed by atoms with Crippen LogP contribution in [-0.2, 0) is 14.9 Å². The van der Waals surface area contributed by atoms with Crippen LogP contribution in [0.3, 0.4) is 0 Å². The minimum absolute atomic E-state index is 0.0722. The fraction of sp³-hybridized carbons (Fsp3) is 0.643. The smallest absolute Gasteiger partial charge is 0.276 e. The van der Waals surface area contributed by atoms with Crippen molar-refractivity contribution in [2.75, 3.05) is 19.8 Å². The van der Waals surface area contributed by atoms with E-state index >= 15 is 0 Å². The molecule has 11 nitrogen and oxygen atoms in total. The SMILES string of the molecule is CC(F)(F)CNC(=O)C1(c2cnn3cc([C@@H](NC(=O)c4nonc4C4CC4)C4CCC(F)(F)CC4)nc3c2)CCOCC1. The van der Waals surface area contributed by atoms with Crippen LogP contribution in [0.1, 0.15) is 97.7 Å². The van der Waals surface area contributed by atoms with Gasteiger partial charge in [0.1, 0.15) is 5.69 Å². The summed E-state index contributed by atoms with van der Waals surface area (Å²) >= 11 is 0. The van der Waals surface area contributed by atoms with Crippen molar-refractivity contribution in [3.05, 3.63) is 41.1 Å². The number of ether oxygens (including phenoxy) is 1. The fourth-order valence-electron chi connectivity index (χ4n) is 6.09. The maximum absolute atomic E-state index is 14.1. The third kappa shape index (κ3) is 6.22. The second-order valence-electron chi connectivity index (χ2n) is 12.1. The van der Waals surface area contributed by atoms with Crippen LogP contribution in [0.2, 0.25) is 0 Å². The van der Waals surface area contributed by atoms with Crippen LogP contribution in [-0.4, -0.2) is 68.3 Å². The number of carbonyl (C=O) groups excluding carboxylic acids is 2.